The van der Waals surface area contributed by atoms with Crippen LogP contribution in [0.25, 0.3) is 11.1 Å². The molecule has 1 atom stereocenters. The van der Waals surface area contributed by atoms with Crippen LogP contribution in [0.15, 0.2) is 42.5 Å². The molecule has 2 aromatic rings. The van der Waals surface area contributed by atoms with Crippen molar-refractivity contribution in [2.45, 2.75) is 19.1 Å². The van der Waals surface area contributed by atoms with Gasteiger partial charge in [-0.05, 0) is 41.8 Å². The highest BCUT2D eigenvalue weighted by molar-refractivity contribution is 6.31. The van der Waals surface area contributed by atoms with Gasteiger partial charge in [-0.25, -0.2) is 4.39 Å². The fourth-order valence-corrected chi connectivity index (χ4v) is 2.75. The van der Waals surface area contributed by atoms with Crippen molar-refractivity contribution in [1.29, 1.82) is 0 Å². The number of halogens is 3. The van der Waals surface area contributed by atoms with Gasteiger partial charge in [-0.15, -0.1) is 12.4 Å². The predicted octanol–water partition coefficient (Wildman–Crippen LogP) is 4.45. The van der Waals surface area contributed by atoms with Gasteiger partial charge >= 0.3 is 0 Å². The SMILES string of the molecule is Cl.Fc1ccc(-c2ccccc2CO[C@H]2CCNC2)cc1Cl. The van der Waals surface area contributed by atoms with E-state index in [-0.39, 0.29) is 23.5 Å². The fraction of sp³-hybridized carbons (Fsp3) is 0.294. The van der Waals surface area contributed by atoms with Crippen molar-refractivity contribution in [3.8, 4) is 11.1 Å². The number of hydrogen-bond acceptors (Lipinski definition) is 2. The summed E-state index contributed by atoms with van der Waals surface area (Å²) in [5.41, 5.74) is 3.03. The van der Waals surface area contributed by atoms with E-state index >= 15 is 0 Å². The summed E-state index contributed by atoms with van der Waals surface area (Å²) >= 11 is 5.88. The molecule has 1 saturated heterocycles. The smallest absolute Gasteiger partial charge is 0.141 e. The van der Waals surface area contributed by atoms with E-state index in [1.807, 2.05) is 24.3 Å². The summed E-state index contributed by atoms with van der Waals surface area (Å²) in [5, 5.41) is 3.43. The largest absolute Gasteiger partial charge is 0.372 e. The Bertz CT molecular complexity index is 630. The van der Waals surface area contributed by atoms with Gasteiger partial charge in [-0.2, -0.15) is 0 Å². The average Bonchev–Trinajstić information content (AvgIpc) is 3.02. The summed E-state index contributed by atoms with van der Waals surface area (Å²) in [6.07, 6.45) is 1.32. The molecular weight excluding hydrogens is 324 g/mol. The van der Waals surface area contributed by atoms with E-state index in [9.17, 15) is 4.39 Å². The molecule has 118 valence electrons. The van der Waals surface area contributed by atoms with Crippen LogP contribution < -0.4 is 5.32 Å². The first-order chi connectivity index (χ1) is 10.2. The highest BCUT2D eigenvalue weighted by Gasteiger charge is 2.15. The van der Waals surface area contributed by atoms with Gasteiger partial charge in [0.05, 0.1) is 17.7 Å². The van der Waals surface area contributed by atoms with Crippen LogP contribution in [0.2, 0.25) is 5.02 Å². The normalized spacial score (nSPS) is 17.3. The van der Waals surface area contributed by atoms with E-state index in [2.05, 4.69) is 5.32 Å². The van der Waals surface area contributed by atoms with Crippen molar-refractivity contribution in [2.24, 2.45) is 0 Å². The maximum Gasteiger partial charge on any atom is 0.141 e. The number of benzene rings is 2. The van der Waals surface area contributed by atoms with Crippen LogP contribution in [0.4, 0.5) is 4.39 Å². The maximum atomic E-state index is 13.3. The first-order valence-corrected chi connectivity index (χ1v) is 7.47. The summed E-state index contributed by atoms with van der Waals surface area (Å²) in [6.45, 7) is 2.47. The Morgan fingerprint density at radius 3 is 2.77 bits per heavy atom. The highest BCUT2D eigenvalue weighted by atomic mass is 35.5. The third-order valence-electron chi connectivity index (χ3n) is 3.74. The van der Waals surface area contributed by atoms with Gasteiger partial charge in [-0.3, -0.25) is 0 Å². The molecule has 0 amide bonds. The van der Waals surface area contributed by atoms with Gasteiger partial charge in [0, 0.05) is 6.54 Å². The molecule has 0 aromatic heterocycles. The minimum absolute atomic E-state index is 0. The van der Waals surface area contributed by atoms with Crippen LogP contribution in [0.1, 0.15) is 12.0 Å². The lowest BCUT2D eigenvalue weighted by atomic mass is 10.00. The topological polar surface area (TPSA) is 21.3 Å². The molecule has 0 radical (unpaired) electrons. The van der Waals surface area contributed by atoms with Crippen molar-refractivity contribution < 1.29 is 9.13 Å². The first kappa shape index (κ1) is 17.2. The third-order valence-corrected chi connectivity index (χ3v) is 4.03. The van der Waals surface area contributed by atoms with E-state index in [0.29, 0.717) is 6.61 Å². The number of rotatable bonds is 4. The van der Waals surface area contributed by atoms with Crippen LogP contribution in [0.5, 0.6) is 0 Å². The van der Waals surface area contributed by atoms with Gasteiger partial charge < -0.3 is 10.1 Å². The lowest BCUT2D eigenvalue weighted by Gasteiger charge is -2.14. The first-order valence-electron chi connectivity index (χ1n) is 7.09. The lowest BCUT2D eigenvalue weighted by Crippen LogP contribution is -2.16. The second kappa shape index (κ2) is 7.93. The number of hydrogen-bond donors (Lipinski definition) is 1. The minimum Gasteiger partial charge on any atom is -0.372 e. The second-order valence-electron chi connectivity index (χ2n) is 5.21. The van der Waals surface area contributed by atoms with Crippen LogP contribution in [-0.4, -0.2) is 19.2 Å². The van der Waals surface area contributed by atoms with Crippen molar-refractivity contribution in [2.75, 3.05) is 13.1 Å². The van der Waals surface area contributed by atoms with Crippen LogP contribution >= 0.6 is 24.0 Å². The number of nitrogens with one attached hydrogen (secondary N) is 1. The lowest BCUT2D eigenvalue weighted by molar-refractivity contribution is 0.0545. The van der Waals surface area contributed by atoms with E-state index in [1.165, 1.54) is 6.07 Å². The van der Waals surface area contributed by atoms with Crippen LogP contribution in [0, 0.1) is 5.82 Å². The predicted molar refractivity (Wildman–Crippen MR) is 90.2 cm³/mol. The summed E-state index contributed by atoms with van der Waals surface area (Å²) < 4.78 is 19.2. The van der Waals surface area contributed by atoms with E-state index in [4.69, 9.17) is 16.3 Å². The molecule has 0 saturated carbocycles. The van der Waals surface area contributed by atoms with E-state index in [0.717, 1.165) is 36.2 Å². The number of ether oxygens (including phenoxy) is 1. The van der Waals surface area contributed by atoms with Crippen molar-refractivity contribution in [1.82, 2.24) is 5.32 Å². The Kier molecular flexibility index (Phi) is 6.21. The minimum atomic E-state index is -0.397. The summed E-state index contributed by atoms with van der Waals surface area (Å²) in [5.74, 6) is -0.397. The zero-order valence-corrected chi connectivity index (χ0v) is 13.6. The second-order valence-corrected chi connectivity index (χ2v) is 5.62. The van der Waals surface area contributed by atoms with Crippen molar-refractivity contribution >= 4 is 24.0 Å². The Morgan fingerprint density at radius 1 is 1.23 bits per heavy atom. The third kappa shape index (κ3) is 3.99. The molecule has 2 aromatic carbocycles. The zero-order valence-electron chi connectivity index (χ0n) is 12.0. The summed E-state index contributed by atoms with van der Waals surface area (Å²) in [7, 11) is 0. The fourth-order valence-electron chi connectivity index (χ4n) is 2.57. The van der Waals surface area contributed by atoms with Crippen molar-refractivity contribution in [3.05, 3.63) is 58.9 Å². The molecule has 0 unspecified atom stereocenters. The molecule has 2 nitrogen and oxygen atoms in total. The molecule has 5 heteroatoms. The molecule has 1 heterocycles. The molecular formula is C17H18Cl2FNO. The molecule has 1 aliphatic heterocycles. The van der Waals surface area contributed by atoms with Crippen LogP contribution in [-0.2, 0) is 11.3 Å². The van der Waals surface area contributed by atoms with Crippen molar-refractivity contribution in [3.63, 3.8) is 0 Å². The molecule has 3 rings (SSSR count). The van der Waals surface area contributed by atoms with Gasteiger partial charge in [0.25, 0.3) is 0 Å². The molecule has 0 aliphatic carbocycles. The molecule has 1 aliphatic rings. The monoisotopic (exact) mass is 341 g/mol. The van der Waals surface area contributed by atoms with Gasteiger partial charge in [0.15, 0.2) is 0 Å². The summed E-state index contributed by atoms with van der Waals surface area (Å²) in [6, 6.07) is 12.8. The van der Waals surface area contributed by atoms with Gasteiger partial charge in [0.1, 0.15) is 5.82 Å². The molecule has 0 spiro atoms. The Balaban J connectivity index is 0.00000176. The molecule has 1 N–H and O–H groups in total. The van der Waals surface area contributed by atoms with E-state index < -0.39 is 5.82 Å². The molecule has 1 fully saturated rings. The molecule has 22 heavy (non-hydrogen) atoms. The quantitative estimate of drug-likeness (QED) is 0.887. The van der Waals surface area contributed by atoms with E-state index in [1.54, 1.807) is 12.1 Å². The molecule has 0 bridgehead atoms. The Morgan fingerprint density at radius 2 is 2.05 bits per heavy atom. The average molecular weight is 342 g/mol. The van der Waals surface area contributed by atoms with Crippen LogP contribution in [0.3, 0.4) is 0 Å². The standard InChI is InChI=1S/C17H17ClFNO.ClH/c18-16-9-12(5-6-17(16)19)15-4-2-1-3-13(15)11-21-14-7-8-20-10-14;/h1-6,9,14,20H,7-8,10-11H2;1H/t14-;/m0./s1. The Hall–Kier alpha value is -1.13. The van der Waals surface area contributed by atoms with Gasteiger partial charge in [0.2, 0.25) is 0 Å². The maximum absolute atomic E-state index is 13.3. The van der Waals surface area contributed by atoms with Gasteiger partial charge in [-0.1, -0.05) is 41.9 Å². The summed E-state index contributed by atoms with van der Waals surface area (Å²) in [4.78, 5) is 0. The Labute approximate surface area is 141 Å². The highest BCUT2D eigenvalue weighted by Crippen LogP contribution is 2.28. The zero-order chi connectivity index (χ0) is 14.7.